The predicted molar refractivity (Wildman–Crippen MR) is 85.4 cm³/mol. The molecule has 7 nitrogen and oxygen atoms in total. The maximum absolute atomic E-state index is 12.0. The Morgan fingerprint density at radius 3 is 2.96 bits per heavy atom. The number of aryl methyl sites for hydroxylation is 1. The van der Waals surface area contributed by atoms with Crippen molar-refractivity contribution >= 4 is 16.8 Å². The fraction of sp³-hybridized carbons (Fsp3) is 0.438. The maximum Gasteiger partial charge on any atom is 0.328 e. The van der Waals surface area contributed by atoms with E-state index < -0.39 is 11.2 Å². The molecule has 122 valence electrons. The second-order valence-electron chi connectivity index (χ2n) is 5.71. The Morgan fingerprint density at radius 2 is 2.17 bits per heavy atom. The van der Waals surface area contributed by atoms with Crippen LogP contribution in [0.4, 0.5) is 0 Å². The minimum absolute atomic E-state index is 0.112. The minimum atomic E-state index is -0.495. The van der Waals surface area contributed by atoms with Crippen LogP contribution in [0.15, 0.2) is 33.9 Å². The molecule has 2 heterocycles. The number of para-hydroxylation sites is 1. The number of ether oxygens (including phenoxy) is 1. The molecule has 0 bridgehead atoms. The number of fused-ring (bicyclic) bond motifs is 1. The van der Waals surface area contributed by atoms with Gasteiger partial charge in [0.25, 0.3) is 5.56 Å². The van der Waals surface area contributed by atoms with E-state index in [-0.39, 0.29) is 18.9 Å². The molecular weight excluding hydrogens is 298 g/mol. The van der Waals surface area contributed by atoms with Gasteiger partial charge >= 0.3 is 5.69 Å². The van der Waals surface area contributed by atoms with E-state index in [1.165, 1.54) is 4.57 Å². The van der Waals surface area contributed by atoms with Crippen molar-refractivity contribution in [2.75, 3.05) is 19.8 Å². The standard InChI is InChI=1S/C16H19N3O4/c20-14(17-9-11-6-8-23-10-11)5-7-19-13-4-2-1-3-12(13)15(21)18-16(19)22/h1-4,11H,5-10H2,(H,17,20)(H,18,21,22)/t11-/m1/s1. The summed E-state index contributed by atoms with van der Waals surface area (Å²) in [7, 11) is 0. The zero-order valence-electron chi connectivity index (χ0n) is 12.7. The van der Waals surface area contributed by atoms with E-state index in [0.717, 1.165) is 13.0 Å². The highest BCUT2D eigenvalue weighted by Gasteiger charge is 2.16. The fourth-order valence-corrected chi connectivity index (χ4v) is 2.77. The van der Waals surface area contributed by atoms with Crippen LogP contribution in [0, 0.1) is 5.92 Å². The average Bonchev–Trinajstić information content (AvgIpc) is 3.06. The number of amides is 1. The highest BCUT2D eigenvalue weighted by molar-refractivity contribution is 5.78. The van der Waals surface area contributed by atoms with E-state index >= 15 is 0 Å². The first-order valence-electron chi connectivity index (χ1n) is 7.71. The molecule has 1 aliphatic heterocycles. The summed E-state index contributed by atoms with van der Waals surface area (Å²) in [5.41, 5.74) is -0.364. The Labute approximate surface area is 132 Å². The molecule has 1 aromatic carbocycles. The van der Waals surface area contributed by atoms with Gasteiger partial charge in [-0.3, -0.25) is 19.1 Å². The molecule has 0 radical (unpaired) electrons. The van der Waals surface area contributed by atoms with Crippen LogP contribution in [0.3, 0.4) is 0 Å². The SMILES string of the molecule is O=C(CCn1c(=O)[nH]c(=O)c2ccccc21)NC[C@H]1CCOC1. The van der Waals surface area contributed by atoms with Crippen molar-refractivity contribution in [1.82, 2.24) is 14.9 Å². The maximum atomic E-state index is 12.0. The second kappa shape index (κ2) is 6.78. The number of carbonyl (C=O) groups is 1. The van der Waals surface area contributed by atoms with Crippen LogP contribution in [-0.2, 0) is 16.1 Å². The van der Waals surface area contributed by atoms with E-state index in [0.29, 0.717) is 30.0 Å². The zero-order chi connectivity index (χ0) is 16.2. The summed E-state index contributed by atoms with van der Waals surface area (Å²) in [5.74, 6) is 0.259. The van der Waals surface area contributed by atoms with Crippen molar-refractivity contribution in [2.45, 2.75) is 19.4 Å². The molecule has 1 aliphatic rings. The lowest BCUT2D eigenvalue weighted by molar-refractivity contribution is -0.121. The number of aromatic amines is 1. The van der Waals surface area contributed by atoms with Gasteiger partial charge in [0.1, 0.15) is 0 Å². The summed E-state index contributed by atoms with van der Waals surface area (Å²) in [6, 6.07) is 6.87. The third-order valence-electron chi connectivity index (χ3n) is 4.08. The molecule has 1 atom stereocenters. The van der Waals surface area contributed by atoms with E-state index in [1.807, 2.05) is 0 Å². The van der Waals surface area contributed by atoms with Crippen molar-refractivity contribution in [3.05, 3.63) is 45.1 Å². The number of hydrogen-bond acceptors (Lipinski definition) is 4. The molecule has 1 fully saturated rings. The number of carbonyl (C=O) groups excluding carboxylic acids is 1. The summed E-state index contributed by atoms with van der Waals surface area (Å²) in [4.78, 5) is 38.0. The average molecular weight is 317 g/mol. The molecular formula is C16H19N3O4. The Balaban J connectivity index is 1.68. The summed E-state index contributed by atoms with van der Waals surface area (Å²) in [6.45, 7) is 2.26. The van der Waals surface area contributed by atoms with Crippen LogP contribution in [0.5, 0.6) is 0 Å². The van der Waals surface area contributed by atoms with Crippen molar-refractivity contribution < 1.29 is 9.53 Å². The van der Waals surface area contributed by atoms with Crippen molar-refractivity contribution in [1.29, 1.82) is 0 Å². The number of nitrogens with one attached hydrogen (secondary N) is 2. The smallest absolute Gasteiger partial charge is 0.328 e. The first kappa shape index (κ1) is 15.5. The van der Waals surface area contributed by atoms with Gasteiger partial charge in [0.2, 0.25) is 5.91 Å². The van der Waals surface area contributed by atoms with Crippen molar-refractivity contribution in [3.8, 4) is 0 Å². The molecule has 2 N–H and O–H groups in total. The first-order valence-corrected chi connectivity index (χ1v) is 7.71. The van der Waals surface area contributed by atoms with Gasteiger partial charge in [0.05, 0.1) is 17.5 Å². The number of nitrogens with zero attached hydrogens (tertiary/aromatic N) is 1. The van der Waals surface area contributed by atoms with Crippen molar-refractivity contribution in [2.24, 2.45) is 5.92 Å². The molecule has 0 unspecified atom stereocenters. The van der Waals surface area contributed by atoms with E-state index in [4.69, 9.17) is 4.74 Å². The summed E-state index contributed by atoms with van der Waals surface area (Å²) in [5, 5.41) is 3.31. The van der Waals surface area contributed by atoms with Crippen LogP contribution in [0.25, 0.3) is 10.9 Å². The van der Waals surface area contributed by atoms with Gasteiger partial charge in [-0.05, 0) is 18.6 Å². The molecule has 0 spiro atoms. The third-order valence-corrected chi connectivity index (χ3v) is 4.08. The predicted octanol–water partition coefficient (Wildman–Crippen LogP) is 0.233. The van der Waals surface area contributed by atoms with E-state index in [9.17, 15) is 14.4 Å². The van der Waals surface area contributed by atoms with Crippen LogP contribution in [0.1, 0.15) is 12.8 Å². The molecule has 0 saturated carbocycles. The number of aromatic nitrogens is 2. The molecule has 7 heteroatoms. The van der Waals surface area contributed by atoms with Gasteiger partial charge in [-0.25, -0.2) is 4.79 Å². The van der Waals surface area contributed by atoms with Gasteiger partial charge in [-0.2, -0.15) is 0 Å². The third kappa shape index (κ3) is 3.50. The van der Waals surface area contributed by atoms with Crippen LogP contribution in [0.2, 0.25) is 0 Å². The highest BCUT2D eigenvalue weighted by atomic mass is 16.5. The van der Waals surface area contributed by atoms with Gasteiger partial charge in [0, 0.05) is 32.0 Å². The normalized spacial score (nSPS) is 17.5. The van der Waals surface area contributed by atoms with Gasteiger partial charge in [-0.1, -0.05) is 12.1 Å². The van der Waals surface area contributed by atoms with E-state index in [1.54, 1.807) is 24.3 Å². The van der Waals surface area contributed by atoms with Crippen LogP contribution >= 0.6 is 0 Å². The molecule has 2 aromatic rings. The number of H-pyrrole nitrogens is 1. The molecule has 0 aliphatic carbocycles. The van der Waals surface area contributed by atoms with Gasteiger partial charge in [-0.15, -0.1) is 0 Å². The quantitative estimate of drug-likeness (QED) is 0.826. The fourth-order valence-electron chi connectivity index (χ4n) is 2.77. The van der Waals surface area contributed by atoms with Gasteiger partial charge < -0.3 is 10.1 Å². The molecule has 1 saturated heterocycles. The summed E-state index contributed by atoms with van der Waals surface area (Å²) < 4.78 is 6.69. The monoisotopic (exact) mass is 317 g/mol. The Morgan fingerprint density at radius 1 is 1.35 bits per heavy atom. The highest BCUT2D eigenvalue weighted by Crippen LogP contribution is 2.11. The Kier molecular flexibility index (Phi) is 4.57. The molecule has 1 aromatic heterocycles. The molecule has 3 rings (SSSR count). The number of benzene rings is 1. The minimum Gasteiger partial charge on any atom is -0.381 e. The Bertz CT molecular complexity index is 818. The second-order valence-corrected chi connectivity index (χ2v) is 5.71. The first-order chi connectivity index (χ1) is 11.1. The van der Waals surface area contributed by atoms with Crippen molar-refractivity contribution in [3.63, 3.8) is 0 Å². The lowest BCUT2D eigenvalue weighted by Crippen LogP contribution is -2.34. The number of hydrogen-bond donors (Lipinski definition) is 2. The summed E-state index contributed by atoms with van der Waals surface area (Å²) in [6.07, 6.45) is 1.15. The largest absolute Gasteiger partial charge is 0.381 e. The number of rotatable bonds is 5. The van der Waals surface area contributed by atoms with Crippen LogP contribution < -0.4 is 16.6 Å². The lowest BCUT2D eigenvalue weighted by Gasteiger charge is -2.11. The lowest BCUT2D eigenvalue weighted by atomic mass is 10.1. The van der Waals surface area contributed by atoms with Gasteiger partial charge in [0.15, 0.2) is 0 Å². The topological polar surface area (TPSA) is 93.2 Å². The summed E-state index contributed by atoms with van der Waals surface area (Å²) >= 11 is 0. The molecule has 1 amide bonds. The Hall–Kier alpha value is -2.41. The molecule has 23 heavy (non-hydrogen) atoms. The van der Waals surface area contributed by atoms with Crippen LogP contribution in [-0.4, -0.2) is 35.2 Å². The van der Waals surface area contributed by atoms with E-state index in [2.05, 4.69) is 10.3 Å². The zero-order valence-corrected chi connectivity index (χ0v) is 12.7.